The molecule has 0 atom stereocenters. The van der Waals surface area contributed by atoms with Gasteiger partial charge in [-0.15, -0.1) is 10.2 Å². The minimum atomic E-state index is -0.0324. The molecule has 2 aliphatic heterocycles. The van der Waals surface area contributed by atoms with Crippen molar-refractivity contribution in [3.63, 3.8) is 0 Å². The summed E-state index contributed by atoms with van der Waals surface area (Å²) in [6.45, 7) is 7.19. The van der Waals surface area contributed by atoms with E-state index in [0.29, 0.717) is 37.1 Å². The molecule has 3 heterocycles. The van der Waals surface area contributed by atoms with Gasteiger partial charge in [0, 0.05) is 23.6 Å². The van der Waals surface area contributed by atoms with Crippen LogP contribution in [0.25, 0.3) is 0 Å². The predicted octanol–water partition coefficient (Wildman–Crippen LogP) is 2.78. The molecule has 1 saturated heterocycles. The average Bonchev–Trinajstić information content (AvgIpc) is 3.19. The number of benzene rings is 1. The lowest BCUT2D eigenvalue weighted by Crippen LogP contribution is -2.38. The van der Waals surface area contributed by atoms with Crippen LogP contribution in [0.5, 0.6) is 11.5 Å². The summed E-state index contributed by atoms with van der Waals surface area (Å²) in [4.78, 5) is 14.6. The zero-order valence-corrected chi connectivity index (χ0v) is 16.3. The van der Waals surface area contributed by atoms with Crippen LogP contribution in [-0.2, 0) is 4.79 Å². The summed E-state index contributed by atoms with van der Waals surface area (Å²) in [5, 5.41) is 11.3. The molecular weight excluding hydrogens is 360 g/mol. The maximum Gasteiger partial charge on any atom is 0.238 e. The van der Waals surface area contributed by atoms with E-state index in [1.54, 1.807) is 6.07 Å². The van der Waals surface area contributed by atoms with E-state index in [1.807, 2.05) is 26.0 Å². The molecule has 8 heteroatoms. The zero-order valence-electron chi connectivity index (χ0n) is 16.3. The first-order valence-electron chi connectivity index (χ1n) is 9.83. The molecule has 150 valence electrons. The Morgan fingerprint density at radius 3 is 2.64 bits per heavy atom. The number of nitrogens with one attached hydrogen (secondary N) is 1. The third-order valence-electron chi connectivity index (χ3n) is 5.08. The lowest BCUT2D eigenvalue weighted by Gasteiger charge is -2.29. The second-order valence-corrected chi connectivity index (χ2v) is 7.59. The molecule has 0 radical (unpaired) electrons. The van der Waals surface area contributed by atoms with Crippen molar-refractivity contribution >= 4 is 11.6 Å². The minimum Gasteiger partial charge on any atom is -0.486 e. The number of aromatic nitrogens is 2. The van der Waals surface area contributed by atoms with E-state index >= 15 is 0 Å². The Morgan fingerprint density at radius 2 is 1.93 bits per heavy atom. The first-order valence-corrected chi connectivity index (χ1v) is 9.83. The van der Waals surface area contributed by atoms with Gasteiger partial charge in [0.1, 0.15) is 13.2 Å². The van der Waals surface area contributed by atoms with Crippen molar-refractivity contribution in [2.75, 3.05) is 38.2 Å². The van der Waals surface area contributed by atoms with E-state index in [-0.39, 0.29) is 17.7 Å². The molecule has 0 unspecified atom stereocenters. The Morgan fingerprint density at radius 1 is 1.18 bits per heavy atom. The Labute approximate surface area is 164 Å². The van der Waals surface area contributed by atoms with Gasteiger partial charge in [-0.1, -0.05) is 13.8 Å². The molecule has 0 spiro atoms. The normalized spacial score (nSPS) is 17.7. The van der Waals surface area contributed by atoms with Crippen molar-refractivity contribution in [1.29, 1.82) is 0 Å². The van der Waals surface area contributed by atoms with Gasteiger partial charge in [0.2, 0.25) is 17.7 Å². The van der Waals surface area contributed by atoms with Gasteiger partial charge in [0.25, 0.3) is 0 Å². The van der Waals surface area contributed by atoms with Crippen LogP contribution in [0, 0.1) is 0 Å². The summed E-state index contributed by atoms with van der Waals surface area (Å²) in [6.07, 6.45) is 1.83. The standard InChI is InChI=1S/C20H26N4O4/c1-13(2)19-22-23-20(28-19)14-5-7-24(8-6-14)12-18(25)21-15-3-4-16-17(11-15)27-10-9-26-16/h3-4,11,13-14H,5-10,12H2,1-2H3,(H,21,25). The Kier molecular flexibility index (Phi) is 5.47. The maximum absolute atomic E-state index is 12.4. The molecule has 4 rings (SSSR count). The fraction of sp³-hybridized carbons (Fsp3) is 0.550. The SMILES string of the molecule is CC(C)c1nnc(C2CCN(CC(=O)Nc3ccc4c(c3)OCCO4)CC2)o1. The molecule has 8 nitrogen and oxygen atoms in total. The molecule has 1 aromatic carbocycles. The quantitative estimate of drug-likeness (QED) is 0.845. The number of rotatable bonds is 5. The van der Waals surface area contributed by atoms with Crippen LogP contribution >= 0.6 is 0 Å². The molecule has 1 fully saturated rings. The first kappa shape index (κ1) is 18.7. The van der Waals surface area contributed by atoms with Crippen LogP contribution in [0.3, 0.4) is 0 Å². The number of anilines is 1. The number of nitrogens with zero attached hydrogens (tertiary/aromatic N) is 3. The van der Waals surface area contributed by atoms with Gasteiger partial charge in [-0.3, -0.25) is 9.69 Å². The van der Waals surface area contributed by atoms with E-state index in [0.717, 1.165) is 37.5 Å². The molecule has 2 aromatic rings. The second-order valence-electron chi connectivity index (χ2n) is 7.59. The molecule has 28 heavy (non-hydrogen) atoms. The molecule has 0 aliphatic carbocycles. The summed E-state index contributed by atoms with van der Waals surface area (Å²) < 4.78 is 16.8. The summed E-state index contributed by atoms with van der Waals surface area (Å²) >= 11 is 0. The molecule has 1 aromatic heterocycles. The number of likely N-dealkylation sites (tertiary alicyclic amines) is 1. The zero-order chi connectivity index (χ0) is 19.5. The molecule has 0 bridgehead atoms. The number of hydrogen-bond donors (Lipinski definition) is 1. The number of carbonyl (C=O) groups excluding carboxylic acids is 1. The molecule has 1 N–H and O–H groups in total. The van der Waals surface area contributed by atoms with Gasteiger partial charge < -0.3 is 19.2 Å². The molecular formula is C20H26N4O4. The average molecular weight is 386 g/mol. The number of hydrogen-bond acceptors (Lipinski definition) is 7. The van der Waals surface area contributed by atoms with Gasteiger partial charge >= 0.3 is 0 Å². The monoisotopic (exact) mass is 386 g/mol. The van der Waals surface area contributed by atoms with Crippen LogP contribution in [-0.4, -0.2) is 53.9 Å². The number of fused-ring (bicyclic) bond motifs is 1. The van der Waals surface area contributed by atoms with E-state index in [4.69, 9.17) is 13.9 Å². The maximum atomic E-state index is 12.4. The summed E-state index contributed by atoms with van der Waals surface area (Å²) in [7, 11) is 0. The van der Waals surface area contributed by atoms with Crippen molar-refractivity contribution in [3.8, 4) is 11.5 Å². The Balaban J connectivity index is 1.27. The summed E-state index contributed by atoms with van der Waals surface area (Å²) in [5.74, 6) is 3.29. The fourth-order valence-electron chi connectivity index (χ4n) is 3.51. The Hall–Kier alpha value is -2.61. The number of piperidine rings is 1. The van der Waals surface area contributed by atoms with E-state index in [1.165, 1.54) is 0 Å². The third kappa shape index (κ3) is 4.27. The Bertz CT molecular complexity index is 827. The van der Waals surface area contributed by atoms with E-state index in [2.05, 4.69) is 20.4 Å². The van der Waals surface area contributed by atoms with Crippen LogP contribution in [0.4, 0.5) is 5.69 Å². The van der Waals surface area contributed by atoms with Crippen LogP contribution in [0.15, 0.2) is 22.6 Å². The largest absolute Gasteiger partial charge is 0.486 e. The van der Waals surface area contributed by atoms with Crippen molar-refractivity contribution in [2.45, 2.75) is 38.5 Å². The van der Waals surface area contributed by atoms with Crippen LogP contribution in [0.2, 0.25) is 0 Å². The predicted molar refractivity (Wildman–Crippen MR) is 103 cm³/mol. The van der Waals surface area contributed by atoms with Gasteiger partial charge in [-0.05, 0) is 38.1 Å². The summed E-state index contributed by atoms with van der Waals surface area (Å²) in [5.41, 5.74) is 0.719. The highest BCUT2D eigenvalue weighted by atomic mass is 16.6. The lowest BCUT2D eigenvalue weighted by molar-refractivity contribution is -0.117. The van der Waals surface area contributed by atoms with Crippen molar-refractivity contribution < 1.29 is 18.7 Å². The number of carbonyl (C=O) groups is 1. The van der Waals surface area contributed by atoms with Crippen molar-refractivity contribution in [2.24, 2.45) is 0 Å². The summed E-state index contributed by atoms with van der Waals surface area (Å²) in [6, 6.07) is 5.46. The van der Waals surface area contributed by atoms with Gasteiger partial charge in [-0.25, -0.2) is 0 Å². The number of amides is 1. The minimum absolute atomic E-state index is 0.0324. The topological polar surface area (TPSA) is 89.7 Å². The van der Waals surface area contributed by atoms with Crippen molar-refractivity contribution in [3.05, 3.63) is 30.0 Å². The molecule has 0 saturated carbocycles. The molecule has 1 amide bonds. The lowest BCUT2D eigenvalue weighted by atomic mass is 9.97. The highest BCUT2D eigenvalue weighted by Crippen LogP contribution is 2.32. The highest BCUT2D eigenvalue weighted by molar-refractivity contribution is 5.92. The second kappa shape index (κ2) is 8.18. The van der Waals surface area contributed by atoms with Crippen LogP contribution in [0.1, 0.15) is 50.3 Å². The van der Waals surface area contributed by atoms with Gasteiger partial charge in [0.05, 0.1) is 6.54 Å². The fourth-order valence-corrected chi connectivity index (χ4v) is 3.51. The first-order chi connectivity index (χ1) is 13.6. The van der Waals surface area contributed by atoms with Gasteiger partial charge in [0.15, 0.2) is 11.5 Å². The smallest absolute Gasteiger partial charge is 0.238 e. The third-order valence-corrected chi connectivity index (χ3v) is 5.08. The van der Waals surface area contributed by atoms with E-state index < -0.39 is 0 Å². The van der Waals surface area contributed by atoms with Crippen molar-refractivity contribution in [1.82, 2.24) is 15.1 Å². The van der Waals surface area contributed by atoms with Gasteiger partial charge in [-0.2, -0.15) is 0 Å². The van der Waals surface area contributed by atoms with E-state index in [9.17, 15) is 4.79 Å². The van der Waals surface area contributed by atoms with Crippen LogP contribution < -0.4 is 14.8 Å². The number of ether oxygens (including phenoxy) is 2. The molecule has 2 aliphatic rings. The highest BCUT2D eigenvalue weighted by Gasteiger charge is 2.26.